The van der Waals surface area contributed by atoms with Crippen LogP contribution in [0.2, 0.25) is 5.02 Å². The van der Waals surface area contributed by atoms with Gasteiger partial charge in [-0.15, -0.1) is 0 Å². The van der Waals surface area contributed by atoms with Gasteiger partial charge in [-0.05, 0) is 12.0 Å². The Kier molecular flexibility index (Phi) is 3.91. The molecule has 0 bridgehead atoms. The molecule has 0 aliphatic carbocycles. The van der Waals surface area contributed by atoms with Crippen molar-refractivity contribution in [1.29, 1.82) is 0 Å². The second kappa shape index (κ2) is 4.98. The van der Waals surface area contributed by atoms with Crippen molar-refractivity contribution in [3.8, 4) is 0 Å². The number of nitrogens with zero attached hydrogens (tertiary/aromatic N) is 1. The fourth-order valence-corrected chi connectivity index (χ4v) is 1.32. The van der Waals surface area contributed by atoms with E-state index in [0.717, 1.165) is 12.2 Å². The van der Waals surface area contributed by atoms with Gasteiger partial charge in [0.1, 0.15) is 0 Å². The number of hydrogen-bond acceptors (Lipinski definition) is 3. The lowest BCUT2D eigenvalue weighted by Crippen LogP contribution is -2.08. The van der Waals surface area contributed by atoms with Crippen molar-refractivity contribution in [2.75, 3.05) is 11.9 Å². The molecule has 1 aromatic carbocycles. The van der Waals surface area contributed by atoms with Crippen LogP contribution >= 0.6 is 11.6 Å². The molecule has 0 aromatic heterocycles. The molecule has 0 radical (unpaired) electrons. The molecule has 0 fully saturated rings. The van der Waals surface area contributed by atoms with Crippen molar-refractivity contribution < 1.29 is 4.92 Å². The van der Waals surface area contributed by atoms with Crippen molar-refractivity contribution in [3.05, 3.63) is 33.3 Å². The quantitative estimate of drug-likeness (QED) is 0.635. The Labute approximate surface area is 93.4 Å². The second-order valence-corrected chi connectivity index (χ2v) is 4.10. The van der Waals surface area contributed by atoms with Crippen LogP contribution in [-0.2, 0) is 0 Å². The molecule has 0 aliphatic rings. The van der Waals surface area contributed by atoms with Crippen molar-refractivity contribution in [2.24, 2.45) is 5.92 Å². The van der Waals surface area contributed by atoms with Crippen molar-refractivity contribution >= 4 is 23.0 Å². The molecule has 82 valence electrons. The largest absolute Gasteiger partial charge is 0.384 e. The van der Waals surface area contributed by atoms with Gasteiger partial charge in [0.15, 0.2) is 0 Å². The first kappa shape index (κ1) is 11.8. The lowest BCUT2D eigenvalue weighted by atomic mass is 10.2. The van der Waals surface area contributed by atoms with Gasteiger partial charge in [-0.2, -0.15) is 0 Å². The van der Waals surface area contributed by atoms with Gasteiger partial charge in [0.25, 0.3) is 5.69 Å². The fraction of sp³-hybridized carbons (Fsp3) is 0.400. The Hall–Kier alpha value is -1.29. The Bertz CT molecular complexity index is 366. The van der Waals surface area contributed by atoms with Crippen LogP contribution in [0.15, 0.2) is 18.2 Å². The third kappa shape index (κ3) is 3.40. The number of non-ortho nitro benzene ring substituents is 1. The Morgan fingerprint density at radius 3 is 2.67 bits per heavy atom. The van der Waals surface area contributed by atoms with Crippen LogP contribution in [0.5, 0.6) is 0 Å². The van der Waals surface area contributed by atoms with Crippen molar-refractivity contribution in [3.63, 3.8) is 0 Å². The number of nitro benzene ring substituents is 1. The second-order valence-electron chi connectivity index (χ2n) is 3.70. The van der Waals surface area contributed by atoms with E-state index in [4.69, 9.17) is 11.6 Å². The molecule has 0 unspecified atom stereocenters. The number of halogens is 1. The summed E-state index contributed by atoms with van der Waals surface area (Å²) in [5.41, 5.74) is 0.742. The normalized spacial score (nSPS) is 10.4. The van der Waals surface area contributed by atoms with Crippen LogP contribution in [0, 0.1) is 16.0 Å². The van der Waals surface area contributed by atoms with E-state index >= 15 is 0 Å². The van der Waals surface area contributed by atoms with Crippen LogP contribution in [0.4, 0.5) is 11.4 Å². The predicted molar refractivity (Wildman–Crippen MR) is 61.4 cm³/mol. The highest BCUT2D eigenvalue weighted by atomic mass is 35.5. The molecule has 0 atom stereocenters. The van der Waals surface area contributed by atoms with Crippen LogP contribution < -0.4 is 5.32 Å². The summed E-state index contributed by atoms with van der Waals surface area (Å²) >= 11 is 5.89. The Morgan fingerprint density at radius 1 is 1.53 bits per heavy atom. The maximum atomic E-state index is 10.5. The van der Waals surface area contributed by atoms with Crippen LogP contribution in [-0.4, -0.2) is 11.5 Å². The summed E-state index contributed by atoms with van der Waals surface area (Å²) in [6, 6.07) is 4.42. The Balaban J connectivity index is 2.79. The summed E-state index contributed by atoms with van der Waals surface area (Å²) in [4.78, 5) is 10.00. The number of hydrogen-bond donors (Lipinski definition) is 1. The summed E-state index contributed by atoms with van der Waals surface area (Å²) in [6.07, 6.45) is 0. The lowest BCUT2D eigenvalue weighted by molar-refractivity contribution is -0.384. The van der Waals surface area contributed by atoms with E-state index in [0.29, 0.717) is 10.9 Å². The third-order valence-electron chi connectivity index (χ3n) is 1.86. The van der Waals surface area contributed by atoms with Gasteiger partial charge < -0.3 is 5.32 Å². The molecule has 5 heteroatoms. The molecular weight excluding hydrogens is 216 g/mol. The molecule has 15 heavy (non-hydrogen) atoms. The molecule has 0 aliphatic heterocycles. The molecule has 1 rings (SSSR count). The highest BCUT2D eigenvalue weighted by Crippen LogP contribution is 2.26. The predicted octanol–water partition coefficient (Wildman–Crippen LogP) is 3.32. The molecule has 0 saturated carbocycles. The number of rotatable bonds is 4. The number of benzene rings is 1. The van der Waals surface area contributed by atoms with Gasteiger partial charge >= 0.3 is 0 Å². The van der Waals surface area contributed by atoms with Crippen molar-refractivity contribution in [1.82, 2.24) is 0 Å². The van der Waals surface area contributed by atoms with E-state index < -0.39 is 4.92 Å². The maximum Gasteiger partial charge on any atom is 0.271 e. The molecule has 0 amide bonds. The summed E-state index contributed by atoms with van der Waals surface area (Å²) in [6.45, 7) is 4.94. The lowest BCUT2D eigenvalue weighted by Gasteiger charge is -2.09. The molecule has 1 aromatic rings. The monoisotopic (exact) mass is 228 g/mol. The van der Waals surface area contributed by atoms with Gasteiger partial charge in [0.05, 0.1) is 15.6 Å². The van der Waals surface area contributed by atoms with E-state index in [1.54, 1.807) is 6.07 Å². The SMILES string of the molecule is CC(C)CNc1ccc([N+](=O)[O-])cc1Cl. The summed E-state index contributed by atoms with van der Waals surface area (Å²) in [7, 11) is 0. The van der Waals surface area contributed by atoms with Crippen LogP contribution in [0.1, 0.15) is 13.8 Å². The fourth-order valence-electron chi connectivity index (χ4n) is 1.08. The molecule has 4 nitrogen and oxygen atoms in total. The number of nitro groups is 1. The van der Waals surface area contributed by atoms with Gasteiger partial charge in [-0.3, -0.25) is 10.1 Å². The first-order chi connectivity index (χ1) is 7.00. The summed E-state index contributed by atoms with van der Waals surface area (Å²) in [5, 5.41) is 14.0. The Morgan fingerprint density at radius 2 is 2.20 bits per heavy atom. The number of nitrogens with one attached hydrogen (secondary N) is 1. The van der Waals surface area contributed by atoms with Gasteiger partial charge in [-0.1, -0.05) is 25.4 Å². The minimum absolute atomic E-state index is 0.00935. The van der Waals surface area contributed by atoms with Gasteiger partial charge in [0, 0.05) is 18.7 Å². The van der Waals surface area contributed by atoms with E-state index in [-0.39, 0.29) is 5.69 Å². The average Bonchev–Trinajstić information content (AvgIpc) is 2.15. The summed E-state index contributed by atoms with van der Waals surface area (Å²) < 4.78 is 0. The maximum absolute atomic E-state index is 10.5. The standard InChI is InChI=1S/C10H13ClN2O2/c1-7(2)6-12-10-4-3-8(13(14)15)5-9(10)11/h3-5,7,12H,6H2,1-2H3. The highest BCUT2D eigenvalue weighted by molar-refractivity contribution is 6.33. The zero-order valence-electron chi connectivity index (χ0n) is 8.66. The third-order valence-corrected chi connectivity index (χ3v) is 2.18. The minimum atomic E-state index is -0.460. The number of anilines is 1. The highest BCUT2D eigenvalue weighted by Gasteiger charge is 2.08. The topological polar surface area (TPSA) is 55.2 Å². The van der Waals surface area contributed by atoms with Gasteiger partial charge in [-0.25, -0.2) is 0 Å². The molecular formula is C10H13ClN2O2. The van der Waals surface area contributed by atoms with E-state index in [2.05, 4.69) is 19.2 Å². The molecule has 1 N–H and O–H groups in total. The smallest absolute Gasteiger partial charge is 0.271 e. The van der Waals surface area contributed by atoms with E-state index in [9.17, 15) is 10.1 Å². The summed E-state index contributed by atoms with van der Waals surface area (Å²) in [5.74, 6) is 0.497. The van der Waals surface area contributed by atoms with Crippen molar-refractivity contribution in [2.45, 2.75) is 13.8 Å². The van der Waals surface area contributed by atoms with E-state index in [1.807, 2.05) is 0 Å². The molecule has 0 spiro atoms. The first-order valence-corrected chi connectivity index (χ1v) is 5.06. The molecule has 0 saturated heterocycles. The van der Waals surface area contributed by atoms with Crippen LogP contribution in [0.25, 0.3) is 0 Å². The average molecular weight is 229 g/mol. The van der Waals surface area contributed by atoms with Crippen LogP contribution in [0.3, 0.4) is 0 Å². The zero-order chi connectivity index (χ0) is 11.4. The zero-order valence-corrected chi connectivity index (χ0v) is 9.41. The molecule has 0 heterocycles. The van der Waals surface area contributed by atoms with Gasteiger partial charge in [0.2, 0.25) is 0 Å². The first-order valence-electron chi connectivity index (χ1n) is 4.68. The van der Waals surface area contributed by atoms with E-state index in [1.165, 1.54) is 12.1 Å². The minimum Gasteiger partial charge on any atom is -0.384 e.